The molecule has 5 rings (SSSR count). The Morgan fingerprint density at radius 3 is 2.30 bits per heavy atom. The molecule has 2 bridgehead atoms. The van der Waals surface area contributed by atoms with Crippen LogP contribution in [0, 0.1) is 5.41 Å². The fraction of sp³-hybridized carbons (Fsp3) is 0.414. The predicted molar refractivity (Wildman–Crippen MR) is 160 cm³/mol. The minimum Gasteiger partial charge on any atom is -0.339 e. The van der Waals surface area contributed by atoms with E-state index in [0.717, 1.165) is 16.2 Å². The summed E-state index contributed by atoms with van der Waals surface area (Å²) in [5.74, 6) is -1.21. The van der Waals surface area contributed by atoms with Crippen LogP contribution >= 0.6 is 22.9 Å². The second-order valence-corrected chi connectivity index (χ2v) is 15.2. The number of nitrogens with one attached hydrogen (secondary N) is 2. The molecule has 2 aliphatic heterocycles. The highest BCUT2D eigenvalue weighted by molar-refractivity contribution is 7.89. The summed E-state index contributed by atoms with van der Waals surface area (Å²) in [6.07, 6.45) is -4.30. The van der Waals surface area contributed by atoms with Gasteiger partial charge >= 0.3 is 6.18 Å². The SMILES string of the molecule is CC(C)(C)C(NC(=O)c1cc2ccccc2s1)C(=O)N1C[C@@H]2C[C@H]1CN2C(=O)CNS(=O)(=O)c1cc(C(F)(F)F)ccc1Cl. The van der Waals surface area contributed by atoms with Crippen molar-refractivity contribution in [2.45, 2.75) is 56.4 Å². The number of fused-ring (bicyclic) bond motifs is 3. The van der Waals surface area contributed by atoms with E-state index in [-0.39, 0.29) is 37.0 Å². The number of rotatable bonds is 7. The Kier molecular flexibility index (Phi) is 8.51. The fourth-order valence-electron chi connectivity index (χ4n) is 5.57. The highest BCUT2D eigenvalue weighted by atomic mass is 35.5. The van der Waals surface area contributed by atoms with Crippen LogP contribution in [0.5, 0.6) is 0 Å². The lowest BCUT2D eigenvalue weighted by Gasteiger charge is -2.39. The van der Waals surface area contributed by atoms with Crippen LogP contribution in [0.3, 0.4) is 0 Å². The molecule has 3 amide bonds. The normalized spacial score (nSPS) is 19.4. The van der Waals surface area contributed by atoms with Crippen molar-refractivity contribution >= 4 is 60.8 Å². The maximum Gasteiger partial charge on any atom is 0.416 e. The number of halogens is 4. The van der Waals surface area contributed by atoms with Gasteiger partial charge in [0.1, 0.15) is 10.9 Å². The van der Waals surface area contributed by atoms with Crippen LogP contribution in [0.1, 0.15) is 42.4 Å². The number of piperazine rings is 1. The number of hydrogen-bond acceptors (Lipinski definition) is 6. The molecule has 2 N–H and O–H groups in total. The average molecular weight is 671 g/mol. The minimum absolute atomic E-state index is 0.155. The molecular formula is C29H30ClF3N4O5S2. The van der Waals surface area contributed by atoms with E-state index >= 15 is 0 Å². The van der Waals surface area contributed by atoms with Gasteiger partial charge in [0.25, 0.3) is 5.91 Å². The highest BCUT2D eigenvalue weighted by Gasteiger charge is 2.49. The first-order valence-electron chi connectivity index (χ1n) is 13.7. The van der Waals surface area contributed by atoms with E-state index in [2.05, 4.69) is 10.0 Å². The lowest BCUT2D eigenvalue weighted by atomic mass is 9.85. The Hall–Kier alpha value is -3.20. The van der Waals surface area contributed by atoms with Gasteiger partial charge in [0.2, 0.25) is 21.8 Å². The lowest BCUT2D eigenvalue weighted by Crippen LogP contribution is -2.59. The first-order valence-corrected chi connectivity index (χ1v) is 16.4. The number of carbonyl (C=O) groups is 3. The number of amides is 3. The quantitative estimate of drug-likeness (QED) is 0.384. The number of nitrogens with zero attached hydrogens (tertiary/aromatic N) is 2. The zero-order valence-corrected chi connectivity index (χ0v) is 26.3. The molecule has 1 unspecified atom stereocenters. The Bertz CT molecular complexity index is 1710. The number of thiophene rings is 1. The highest BCUT2D eigenvalue weighted by Crippen LogP contribution is 2.35. The molecule has 2 saturated heterocycles. The molecule has 1 aromatic heterocycles. The first kappa shape index (κ1) is 32.2. The third-order valence-corrected chi connectivity index (χ3v) is 10.8. The van der Waals surface area contributed by atoms with Crippen molar-refractivity contribution < 1.29 is 36.0 Å². The Labute approximate surface area is 261 Å². The van der Waals surface area contributed by atoms with Crippen molar-refractivity contribution in [2.24, 2.45) is 5.41 Å². The van der Waals surface area contributed by atoms with E-state index in [9.17, 15) is 36.0 Å². The number of carbonyl (C=O) groups excluding carboxylic acids is 3. The first-order chi connectivity index (χ1) is 20.5. The van der Waals surface area contributed by atoms with Crippen LogP contribution in [0.25, 0.3) is 10.1 Å². The summed E-state index contributed by atoms with van der Waals surface area (Å²) in [6.45, 7) is 5.23. The van der Waals surface area contributed by atoms with Crippen molar-refractivity contribution in [3.05, 3.63) is 64.0 Å². The van der Waals surface area contributed by atoms with Gasteiger partial charge in [0.05, 0.1) is 34.1 Å². The summed E-state index contributed by atoms with van der Waals surface area (Å²) in [4.78, 5) is 42.8. The largest absolute Gasteiger partial charge is 0.416 e. The topological polar surface area (TPSA) is 116 Å². The van der Waals surface area contributed by atoms with Gasteiger partial charge in [-0.05, 0) is 47.6 Å². The molecule has 3 atom stereocenters. The van der Waals surface area contributed by atoms with Crippen LogP contribution in [0.4, 0.5) is 13.2 Å². The molecule has 0 radical (unpaired) electrons. The van der Waals surface area contributed by atoms with Gasteiger partial charge < -0.3 is 15.1 Å². The summed E-state index contributed by atoms with van der Waals surface area (Å²) >= 11 is 7.21. The molecule has 0 aliphatic carbocycles. The van der Waals surface area contributed by atoms with E-state index in [1.807, 2.05) is 45.0 Å². The maximum absolute atomic E-state index is 13.8. The van der Waals surface area contributed by atoms with Crippen LogP contribution in [0.2, 0.25) is 5.02 Å². The zero-order chi connectivity index (χ0) is 32.2. The molecular weight excluding hydrogens is 641 g/mol. The molecule has 44 heavy (non-hydrogen) atoms. The van der Waals surface area contributed by atoms with Crippen molar-refractivity contribution in [3.8, 4) is 0 Å². The van der Waals surface area contributed by atoms with Gasteiger partial charge in [-0.3, -0.25) is 14.4 Å². The molecule has 15 heteroatoms. The Balaban J connectivity index is 1.22. The third-order valence-electron chi connectivity index (χ3n) is 7.84. The van der Waals surface area contributed by atoms with Gasteiger partial charge in [0, 0.05) is 17.8 Å². The number of benzene rings is 2. The molecule has 9 nitrogen and oxygen atoms in total. The number of alkyl halides is 3. The Morgan fingerprint density at radius 1 is 1.02 bits per heavy atom. The van der Waals surface area contributed by atoms with Gasteiger partial charge in [-0.1, -0.05) is 50.6 Å². The van der Waals surface area contributed by atoms with Crippen LogP contribution < -0.4 is 10.0 Å². The Morgan fingerprint density at radius 2 is 1.68 bits per heavy atom. The van der Waals surface area contributed by atoms with Crippen LogP contribution in [-0.4, -0.2) is 73.7 Å². The van der Waals surface area contributed by atoms with E-state index in [0.29, 0.717) is 23.4 Å². The maximum atomic E-state index is 13.8. The molecule has 0 saturated carbocycles. The van der Waals surface area contributed by atoms with Crippen molar-refractivity contribution in [3.63, 3.8) is 0 Å². The summed E-state index contributed by atoms with van der Waals surface area (Å²) in [6, 6.07) is 9.76. The molecule has 236 valence electrons. The molecule has 2 fully saturated rings. The second-order valence-electron chi connectivity index (χ2n) is 12.0. The molecule has 3 heterocycles. The van der Waals surface area contributed by atoms with Gasteiger partial charge in [0.15, 0.2) is 0 Å². The summed E-state index contributed by atoms with van der Waals surface area (Å²) in [5, 5.41) is 3.43. The van der Waals surface area contributed by atoms with Crippen molar-refractivity contribution in [2.75, 3.05) is 19.6 Å². The monoisotopic (exact) mass is 670 g/mol. The summed E-state index contributed by atoms with van der Waals surface area (Å²) < 4.78 is 67.8. The number of likely N-dealkylation sites (tertiary alicyclic amines) is 2. The summed E-state index contributed by atoms with van der Waals surface area (Å²) in [7, 11) is -4.54. The zero-order valence-electron chi connectivity index (χ0n) is 23.9. The van der Waals surface area contributed by atoms with Crippen molar-refractivity contribution in [1.29, 1.82) is 0 Å². The van der Waals surface area contributed by atoms with Gasteiger partial charge in [-0.25, -0.2) is 13.1 Å². The average Bonchev–Trinajstić information content (AvgIpc) is 3.67. The van der Waals surface area contributed by atoms with Gasteiger partial charge in [-0.15, -0.1) is 11.3 Å². The van der Waals surface area contributed by atoms with Crippen LogP contribution in [0.15, 0.2) is 53.4 Å². The molecule has 0 spiro atoms. The van der Waals surface area contributed by atoms with Gasteiger partial charge in [-0.2, -0.15) is 13.2 Å². The lowest BCUT2D eigenvalue weighted by molar-refractivity contribution is -0.142. The summed E-state index contributed by atoms with van der Waals surface area (Å²) in [5.41, 5.74) is -1.81. The smallest absolute Gasteiger partial charge is 0.339 e. The molecule has 2 aliphatic rings. The molecule has 3 aromatic rings. The minimum atomic E-state index is -4.78. The van der Waals surface area contributed by atoms with Crippen LogP contribution in [-0.2, 0) is 25.8 Å². The number of sulfonamides is 1. The number of hydrogen-bond donors (Lipinski definition) is 2. The van der Waals surface area contributed by atoms with E-state index < -0.39 is 55.6 Å². The predicted octanol–water partition coefficient (Wildman–Crippen LogP) is 4.51. The fourth-order valence-corrected chi connectivity index (χ4v) is 8.04. The van der Waals surface area contributed by atoms with E-state index in [4.69, 9.17) is 11.6 Å². The standard InChI is InChI=1S/C29H30ClF3N4O5S2/c1-28(2,3)25(35-26(39)22-10-16-6-4-5-7-21(16)43-22)27(40)37-15-18-12-19(37)14-36(18)24(38)13-34-44(41,42)23-11-17(29(31,32)33)8-9-20(23)30/h4-11,18-19,25,34H,12-15H2,1-3H3,(H,35,39)/t18-,19-,25?/m0/s1. The second kappa shape index (κ2) is 11.6. The van der Waals surface area contributed by atoms with E-state index in [1.54, 1.807) is 11.0 Å². The third kappa shape index (κ3) is 6.44. The van der Waals surface area contributed by atoms with Crippen molar-refractivity contribution in [1.82, 2.24) is 19.8 Å². The molecule has 2 aromatic carbocycles. The van der Waals surface area contributed by atoms with E-state index in [1.165, 1.54) is 16.2 Å².